The van der Waals surface area contributed by atoms with Crippen molar-refractivity contribution in [2.45, 2.75) is 12.8 Å². The summed E-state index contributed by atoms with van der Waals surface area (Å²) in [6.45, 7) is 2.06. The summed E-state index contributed by atoms with van der Waals surface area (Å²) < 4.78 is 35.8. The van der Waals surface area contributed by atoms with E-state index < -0.39 is 0 Å². The van der Waals surface area contributed by atoms with E-state index in [2.05, 4.69) is 0 Å². The molecule has 0 bridgehead atoms. The Hall–Kier alpha value is -2.47. The minimum absolute atomic E-state index is 0.112. The molecular weight excluding hydrogens is 315 g/mol. The highest BCUT2D eigenvalue weighted by molar-refractivity contribution is 5.55. The van der Waals surface area contributed by atoms with Gasteiger partial charge < -0.3 is 24.1 Å². The van der Waals surface area contributed by atoms with Gasteiger partial charge in [0.1, 0.15) is 23.9 Å². The predicted octanol–water partition coefficient (Wildman–Crippen LogP) is 3.09. The molecule has 1 atom stereocenters. The van der Waals surface area contributed by atoms with Gasteiger partial charge >= 0.3 is 0 Å². The fraction of sp³-hybridized carbons (Fsp3) is 0.333. The molecule has 5 nitrogen and oxygen atoms in total. The number of fused-ring (bicyclic) bond motifs is 1. The normalized spacial score (nSPS) is 13.7. The van der Waals surface area contributed by atoms with Crippen molar-refractivity contribution in [1.82, 2.24) is 0 Å². The molecule has 6 heteroatoms. The molecule has 0 fully saturated rings. The largest absolute Gasteiger partial charge is 0.497 e. The molecule has 1 N–H and O–H groups in total. The van der Waals surface area contributed by atoms with Crippen LogP contribution >= 0.6 is 0 Å². The maximum absolute atomic E-state index is 14.4. The Morgan fingerprint density at radius 1 is 1.17 bits per heavy atom. The third kappa shape index (κ3) is 3.10. The number of aliphatic hydroxyl groups excluding tert-OH is 1. The molecule has 0 aromatic heterocycles. The molecule has 0 radical (unpaired) electrons. The molecule has 2 aromatic rings. The number of aliphatic hydroxyl groups is 1. The summed E-state index contributed by atoms with van der Waals surface area (Å²) in [6.07, 6.45) is 0. The molecule has 0 amide bonds. The van der Waals surface area contributed by atoms with Gasteiger partial charge in [0, 0.05) is 23.6 Å². The van der Waals surface area contributed by atoms with E-state index in [0.717, 1.165) is 5.56 Å². The average Bonchev–Trinajstić information content (AvgIpc) is 3.05. The Morgan fingerprint density at radius 2 is 1.92 bits per heavy atom. The zero-order valence-corrected chi connectivity index (χ0v) is 13.5. The lowest BCUT2D eigenvalue weighted by molar-refractivity contribution is 0.173. The zero-order chi connectivity index (χ0) is 17.1. The van der Waals surface area contributed by atoms with E-state index in [0.29, 0.717) is 28.6 Å². The van der Waals surface area contributed by atoms with Gasteiger partial charge in [-0.2, -0.15) is 0 Å². The van der Waals surface area contributed by atoms with Crippen LogP contribution in [0.15, 0.2) is 30.3 Å². The van der Waals surface area contributed by atoms with Crippen molar-refractivity contribution in [2.24, 2.45) is 0 Å². The lowest BCUT2D eigenvalue weighted by Crippen LogP contribution is -2.07. The predicted molar refractivity (Wildman–Crippen MR) is 85.6 cm³/mol. The van der Waals surface area contributed by atoms with E-state index in [1.807, 2.05) is 6.92 Å². The van der Waals surface area contributed by atoms with Crippen LogP contribution in [0.2, 0.25) is 0 Å². The van der Waals surface area contributed by atoms with Crippen molar-refractivity contribution in [3.8, 4) is 23.0 Å². The van der Waals surface area contributed by atoms with E-state index in [9.17, 15) is 4.39 Å². The van der Waals surface area contributed by atoms with Gasteiger partial charge in [-0.15, -0.1) is 0 Å². The minimum Gasteiger partial charge on any atom is -0.497 e. The van der Waals surface area contributed by atoms with Crippen molar-refractivity contribution >= 4 is 0 Å². The standard InChI is InChI=1S/C18H19FO5/c1-11(13-4-3-12(21-2)7-15(13)19)14-8-17-18(24-10-23-17)9-16(14)22-6-5-20/h3-4,7-9,11,20H,5-6,10H2,1-2H3. The molecule has 1 heterocycles. The topological polar surface area (TPSA) is 57.2 Å². The second kappa shape index (κ2) is 6.97. The smallest absolute Gasteiger partial charge is 0.231 e. The summed E-state index contributed by atoms with van der Waals surface area (Å²) in [4.78, 5) is 0. The molecule has 3 rings (SSSR count). The molecule has 0 saturated heterocycles. The Labute approximate surface area is 139 Å². The molecule has 1 aliphatic rings. The number of methoxy groups -OCH3 is 1. The average molecular weight is 334 g/mol. The first-order valence-electron chi connectivity index (χ1n) is 7.64. The molecule has 2 aromatic carbocycles. The van der Waals surface area contributed by atoms with Gasteiger partial charge in [0.2, 0.25) is 6.79 Å². The Morgan fingerprint density at radius 3 is 2.58 bits per heavy atom. The quantitative estimate of drug-likeness (QED) is 0.880. The summed E-state index contributed by atoms with van der Waals surface area (Å²) in [5.41, 5.74) is 1.28. The Bertz CT molecular complexity index is 732. The minimum atomic E-state index is -0.354. The summed E-state index contributed by atoms with van der Waals surface area (Å²) >= 11 is 0. The summed E-state index contributed by atoms with van der Waals surface area (Å²) in [5, 5.41) is 9.01. The molecule has 0 spiro atoms. The number of ether oxygens (including phenoxy) is 4. The maximum Gasteiger partial charge on any atom is 0.231 e. The van der Waals surface area contributed by atoms with E-state index >= 15 is 0 Å². The highest BCUT2D eigenvalue weighted by Gasteiger charge is 2.23. The van der Waals surface area contributed by atoms with Crippen LogP contribution in [0.3, 0.4) is 0 Å². The highest BCUT2D eigenvalue weighted by Crippen LogP contribution is 2.43. The van der Waals surface area contributed by atoms with Gasteiger partial charge in [0.05, 0.1) is 13.7 Å². The maximum atomic E-state index is 14.4. The fourth-order valence-corrected chi connectivity index (χ4v) is 2.71. The van der Waals surface area contributed by atoms with Crippen LogP contribution in [0.5, 0.6) is 23.0 Å². The lowest BCUT2D eigenvalue weighted by Gasteiger charge is -2.19. The van der Waals surface area contributed by atoms with E-state index in [1.165, 1.54) is 13.2 Å². The first-order chi connectivity index (χ1) is 11.6. The van der Waals surface area contributed by atoms with Gasteiger partial charge in [-0.1, -0.05) is 13.0 Å². The molecule has 0 saturated carbocycles. The van der Waals surface area contributed by atoms with Gasteiger partial charge in [0.25, 0.3) is 0 Å². The summed E-state index contributed by atoms with van der Waals surface area (Å²) in [7, 11) is 1.50. The molecule has 128 valence electrons. The van der Waals surface area contributed by atoms with E-state index in [4.69, 9.17) is 24.1 Å². The van der Waals surface area contributed by atoms with Crippen LogP contribution in [-0.2, 0) is 0 Å². The highest BCUT2D eigenvalue weighted by atomic mass is 19.1. The van der Waals surface area contributed by atoms with Gasteiger partial charge in [-0.05, 0) is 17.7 Å². The van der Waals surface area contributed by atoms with Crippen LogP contribution in [0.4, 0.5) is 4.39 Å². The van der Waals surface area contributed by atoms with Gasteiger partial charge in [0.15, 0.2) is 11.5 Å². The van der Waals surface area contributed by atoms with Crippen LogP contribution in [0.1, 0.15) is 24.0 Å². The van der Waals surface area contributed by atoms with E-state index in [1.54, 1.807) is 24.3 Å². The van der Waals surface area contributed by atoms with Crippen molar-refractivity contribution in [3.63, 3.8) is 0 Å². The Kier molecular flexibility index (Phi) is 4.76. The van der Waals surface area contributed by atoms with Gasteiger partial charge in [-0.3, -0.25) is 0 Å². The number of benzene rings is 2. The zero-order valence-electron chi connectivity index (χ0n) is 13.5. The number of halogens is 1. The van der Waals surface area contributed by atoms with Crippen LogP contribution in [0.25, 0.3) is 0 Å². The molecule has 1 aliphatic heterocycles. The molecule has 0 aliphatic carbocycles. The third-order valence-electron chi connectivity index (χ3n) is 3.99. The van der Waals surface area contributed by atoms with Crippen LogP contribution in [0, 0.1) is 5.82 Å². The number of hydrogen-bond donors (Lipinski definition) is 1. The van der Waals surface area contributed by atoms with Crippen molar-refractivity contribution in [3.05, 3.63) is 47.3 Å². The monoisotopic (exact) mass is 334 g/mol. The first-order valence-corrected chi connectivity index (χ1v) is 7.64. The molecule has 24 heavy (non-hydrogen) atoms. The molecular formula is C18H19FO5. The van der Waals surface area contributed by atoms with Crippen LogP contribution in [-0.4, -0.2) is 32.2 Å². The van der Waals surface area contributed by atoms with Crippen molar-refractivity contribution in [1.29, 1.82) is 0 Å². The molecule has 1 unspecified atom stereocenters. The third-order valence-corrected chi connectivity index (χ3v) is 3.99. The van der Waals surface area contributed by atoms with E-state index in [-0.39, 0.29) is 31.7 Å². The lowest BCUT2D eigenvalue weighted by atomic mass is 9.91. The summed E-state index contributed by atoms with van der Waals surface area (Å²) in [5.74, 6) is 1.55. The number of rotatable bonds is 6. The summed E-state index contributed by atoms with van der Waals surface area (Å²) in [6, 6.07) is 8.27. The Balaban J connectivity index is 2.00. The second-order valence-corrected chi connectivity index (χ2v) is 5.42. The van der Waals surface area contributed by atoms with Crippen LogP contribution < -0.4 is 18.9 Å². The van der Waals surface area contributed by atoms with Gasteiger partial charge in [-0.25, -0.2) is 4.39 Å². The first kappa shape index (κ1) is 16.4. The van der Waals surface area contributed by atoms with Crippen molar-refractivity contribution < 1.29 is 28.4 Å². The number of hydrogen-bond acceptors (Lipinski definition) is 5. The second-order valence-electron chi connectivity index (χ2n) is 5.42. The van der Waals surface area contributed by atoms with Crippen molar-refractivity contribution in [2.75, 3.05) is 27.1 Å². The fourth-order valence-electron chi connectivity index (χ4n) is 2.71. The SMILES string of the molecule is COc1ccc(C(C)c2cc3c(cc2OCCO)OCO3)c(F)c1.